The molecule has 2 heterocycles. The number of nitrogens with one attached hydrogen (secondary N) is 2. The van der Waals surface area contributed by atoms with E-state index in [9.17, 15) is 19.6 Å². The molecule has 1 aromatic heterocycles. The number of aromatic nitrogens is 2. The molecule has 13 heteroatoms. The summed E-state index contributed by atoms with van der Waals surface area (Å²) in [5.74, 6) is -1.98. The molecule has 2 amide bonds. The summed E-state index contributed by atoms with van der Waals surface area (Å²) in [7, 11) is 0. The van der Waals surface area contributed by atoms with Crippen LogP contribution in [0.15, 0.2) is 75.5 Å². The molecular weight excluding hydrogens is 590 g/mol. The molecule has 2 aromatic carbocycles. The number of allylic oxidation sites excluding steroid dienone is 3. The van der Waals surface area contributed by atoms with Gasteiger partial charge in [0.2, 0.25) is 16.9 Å². The predicted molar refractivity (Wildman–Crippen MR) is 164 cm³/mol. The van der Waals surface area contributed by atoms with Gasteiger partial charge < -0.3 is 16.4 Å². The van der Waals surface area contributed by atoms with Gasteiger partial charge in [-0.2, -0.15) is 5.26 Å². The summed E-state index contributed by atoms with van der Waals surface area (Å²) >= 11 is 2.35. The summed E-state index contributed by atoms with van der Waals surface area (Å²) in [6.07, 6.45) is 0.690. The van der Waals surface area contributed by atoms with Crippen LogP contribution in [0, 0.1) is 22.6 Å². The molecule has 0 spiro atoms. The zero-order valence-corrected chi connectivity index (χ0v) is 25.2. The lowest BCUT2D eigenvalue weighted by molar-refractivity contribution is -0.118. The van der Waals surface area contributed by atoms with E-state index >= 15 is 4.39 Å². The zero-order chi connectivity index (χ0) is 30.9. The van der Waals surface area contributed by atoms with E-state index in [1.807, 2.05) is 13.8 Å². The van der Waals surface area contributed by atoms with Gasteiger partial charge in [0.25, 0.3) is 0 Å². The standard InChI is InChI=1S/C30H28FN7O3S2/c1-16(39)34-17-8-10-18(11-9-17)35-24(41)15-42-29-37-36-28(43-29)38-22-12-30(2,3)13-23(40)26(22)25(20(14-32)27(38)33)19-6-4-5-7-21(19)31/h4-11,25H,12-13,15,33H2,1-3H3,(H,34,39)(H,35,41). The number of benzene rings is 2. The van der Waals surface area contributed by atoms with E-state index in [1.54, 1.807) is 47.4 Å². The largest absolute Gasteiger partial charge is 0.384 e. The fourth-order valence-corrected chi connectivity index (χ4v) is 6.94. The van der Waals surface area contributed by atoms with Crippen LogP contribution in [0.2, 0.25) is 0 Å². The highest BCUT2D eigenvalue weighted by Crippen LogP contribution is 2.51. The van der Waals surface area contributed by atoms with Crippen molar-refractivity contribution in [2.75, 3.05) is 21.3 Å². The van der Waals surface area contributed by atoms with Crippen LogP contribution in [0.25, 0.3) is 0 Å². The predicted octanol–water partition coefficient (Wildman–Crippen LogP) is 5.31. The molecule has 1 aliphatic heterocycles. The topological polar surface area (TPSA) is 154 Å². The molecule has 0 saturated heterocycles. The molecule has 2 aliphatic rings. The molecule has 0 radical (unpaired) electrons. The summed E-state index contributed by atoms with van der Waals surface area (Å²) < 4.78 is 15.5. The second kappa shape index (κ2) is 12.0. The lowest BCUT2D eigenvalue weighted by Crippen LogP contribution is -2.42. The zero-order valence-electron chi connectivity index (χ0n) is 23.6. The van der Waals surface area contributed by atoms with Crippen LogP contribution in [0.1, 0.15) is 45.1 Å². The quantitative estimate of drug-likeness (QED) is 0.299. The van der Waals surface area contributed by atoms with Gasteiger partial charge in [-0.15, -0.1) is 10.2 Å². The first kappa shape index (κ1) is 29.9. The van der Waals surface area contributed by atoms with Crippen LogP contribution >= 0.6 is 23.1 Å². The minimum Gasteiger partial charge on any atom is -0.384 e. The van der Waals surface area contributed by atoms with E-state index in [4.69, 9.17) is 5.73 Å². The number of Topliss-reactive ketones (excluding diaryl/α,β-unsaturated/α-hetero) is 1. The van der Waals surface area contributed by atoms with Crippen LogP contribution in [0.3, 0.4) is 0 Å². The van der Waals surface area contributed by atoms with Crippen molar-refractivity contribution >= 4 is 57.2 Å². The van der Waals surface area contributed by atoms with Gasteiger partial charge in [-0.25, -0.2) is 4.39 Å². The number of hydrogen-bond donors (Lipinski definition) is 3. The van der Waals surface area contributed by atoms with Crippen molar-refractivity contribution in [3.8, 4) is 6.07 Å². The van der Waals surface area contributed by atoms with E-state index in [-0.39, 0.29) is 46.7 Å². The van der Waals surface area contributed by atoms with Crippen molar-refractivity contribution in [1.82, 2.24) is 10.2 Å². The molecule has 10 nitrogen and oxygen atoms in total. The Morgan fingerprint density at radius 3 is 2.47 bits per heavy atom. The van der Waals surface area contributed by atoms with Crippen molar-refractivity contribution in [3.63, 3.8) is 0 Å². The molecule has 0 fully saturated rings. The maximum atomic E-state index is 15.0. The molecule has 1 aliphatic carbocycles. The Kier molecular flexibility index (Phi) is 8.34. The second-order valence-electron chi connectivity index (χ2n) is 10.9. The van der Waals surface area contributed by atoms with Gasteiger partial charge in [-0.3, -0.25) is 19.3 Å². The monoisotopic (exact) mass is 617 g/mol. The van der Waals surface area contributed by atoms with Gasteiger partial charge in [-0.1, -0.05) is 55.1 Å². The number of nitriles is 1. The molecule has 5 rings (SSSR count). The Morgan fingerprint density at radius 1 is 1.14 bits per heavy atom. The molecule has 0 saturated carbocycles. The number of nitrogens with zero attached hydrogens (tertiary/aromatic N) is 4. The SMILES string of the molecule is CC(=O)Nc1ccc(NC(=O)CSc2nnc(N3C(N)=C(C#N)C(c4ccccc4F)C4=C3CC(C)(C)CC4=O)s2)cc1. The summed E-state index contributed by atoms with van der Waals surface area (Å²) in [4.78, 5) is 39.0. The van der Waals surface area contributed by atoms with E-state index in [0.717, 1.165) is 0 Å². The lowest BCUT2D eigenvalue weighted by atomic mass is 9.68. The number of rotatable bonds is 7. The second-order valence-corrected chi connectivity index (χ2v) is 13.1. The minimum atomic E-state index is -0.932. The van der Waals surface area contributed by atoms with Gasteiger partial charge in [0.1, 0.15) is 11.6 Å². The van der Waals surface area contributed by atoms with Crippen LogP contribution in [-0.2, 0) is 14.4 Å². The summed E-state index contributed by atoms with van der Waals surface area (Å²) in [5, 5.41) is 24.5. The molecule has 1 unspecified atom stereocenters. The number of ketones is 1. The number of carbonyl (C=O) groups is 3. The van der Waals surface area contributed by atoms with Gasteiger partial charge >= 0.3 is 0 Å². The van der Waals surface area contributed by atoms with Gasteiger partial charge in [-0.05, 0) is 42.2 Å². The van der Waals surface area contributed by atoms with Crippen LogP contribution in [0.4, 0.5) is 20.9 Å². The Balaban J connectivity index is 1.40. The Morgan fingerprint density at radius 2 is 1.81 bits per heavy atom. The molecule has 4 N–H and O–H groups in total. The van der Waals surface area contributed by atoms with Gasteiger partial charge in [0.15, 0.2) is 10.1 Å². The number of halogens is 1. The third-order valence-corrected chi connectivity index (χ3v) is 9.04. The Labute approximate surface area is 255 Å². The Bertz CT molecular complexity index is 1720. The normalized spacial score (nSPS) is 17.8. The number of amides is 2. The number of anilines is 3. The molecule has 3 aromatic rings. The van der Waals surface area contributed by atoms with Crippen LogP contribution in [0.5, 0.6) is 0 Å². The lowest BCUT2D eigenvalue weighted by Gasteiger charge is -2.42. The summed E-state index contributed by atoms with van der Waals surface area (Å²) in [6, 6.07) is 14.9. The number of carbonyl (C=O) groups excluding carboxylic acids is 3. The third-order valence-electron chi connectivity index (χ3n) is 7.00. The average Bonchev–Trinajstić information content (AvgIpc) is 3.40. The summed E-state index contributed by atoms with van der Waals surface area (Å²) in [6.45, 7) is 5.36. The molecular formula is C30H28FN7O3S2. The van der Waals surface area contributed by atoms with E-state index < -0.39 is 17.2 Å². The number of thioether (sulfide) groups is 1. The van der Waals surface area contributed by atoms with Crippen molar-refractivity contribution < 1.29 is 18.8 Å². The van der Waals surface area contributed by atoms with Crippen molar-refractivity contribution in [3.05, 3.63) is 82.6 Å². The highest BCUT2D eigenvalue weighted by atomic mass is 32.2. The van der Waals surface area contributed by atoms with E-state index in [0.29, 0.717) is 38.5 Å². The van der Waals surface area contributed by atoms with Crippen LogP contribution in [-0.4, -0.2) is 33.5 Å². The summed E-state index contributed by atoms with van der Waals surface area (Å²) in [5.41, 5.74) is 8.56. The number of hydrogen-bond acceptors (Lipinski definition) is 10. The van der Waals surface area contributed by atoms with E-state index in [1.165, 1.54) is 36.1 Å². The van der Waals surface area contributed by atoms with Crippen molar-refractivity contribution in [1.29, 1.82) is 5.26 Å². The maximum absolute atomic E-state index is 15.0. The first-order valence-corrected chi connectivity index (χ1v) is 15.1. The first-order valence-electron chi connectivity index (χ1n) is 13.3. The highest BCUT2D eigenvalue weighted by Gasteiger charge is 2.46. The third kappa shape index (κ3) is 6.30. The highest BCUT2D eigenvalue weighted by molar-refractivity contribution is 8.01. The molecule has 1 atom stereocenters. The van der Waals surface area contributed by atoms with Crippen LogP contribution < -0.4 is 21.3 Å². The van der Waals surface area contributed by atoms with Gasteiger partial charge in [0, 0.05) is 41.6 Å². The van der Waals surface area contributed by atoms with Gasteiger partial charge in [0.05, 0.1) is 23.3 Å². The fourth-order valence-electron chi connectivity index (χ4n) is 5.26. The van der Waals surface area contributed by atoms with E-state index in [2.05, 4.69) is 26.9 Å². The molecule has 220 valence electrons. The first-order chi connectivity index (χ1) is 20.5. The Hall–Kier alpha value is -4.54. The fraction of sp³-hybridized carbons (Fsp3) is 0.267. The van der Waals surface area contributed by atoms with Crippen molar-refractivity contribution in [2.24, 2.45) is 11.1 Å². The minimum absolute atomic E-state index is 0.0473. The number of nitrogens with two attached hydrogens (primary N) is 1. The maximum Gasteiger partial charge on any atom is 0.234 e. The molecule has 43 heavy (non-hydrogen) atoms. The smallest absolute Gasteiger partial charge is 0.234 e. The average molecular weight is 618 g/mol. The molecule has 0 bridgehead atoms. The van der Waals surface area contributed by atoms with Crippen molar-refractivity contribution in [2.45, 2.75) is 43.9 Å².